The van der Waals surface area contributed by atoms with Gasteiger partial charge in [0.05, 0.1) is 25.6 Å². The summed E-state index contributed by atoms with van der Waals surface area (Å²) in [7, 11) is 3.11. The Morgan fingerprint density at radius 3 is 2.68 bits per heavy atom. The molecule has 1 aromatic carbocycles. The summed E-state index contributed by atoms with van der Waals surface area (Å²) < 4.78 is 11.6. The molecule has 1 N–H and O–H groups in total. The number of nitrogens with zero attached hydrogens (tertiary/aromatic N) is 2. The van der Waals surface area contributed by atoms with Crippen molar-refractivity contribution in [2.24, 2.45) is 0 Å². The van der Waals surface area contributed by atoms with Crippen LogP contribution in [0.15, 0.2) is 41.3 Å². The minimum atomic E-state index is -0.490. The van der Waals surface area contributed by atoms with Crippen LogP contribution in [0.1, 0.15) is 18.5 Å². The molecule has 0 radical (unpaired) electrons. The molecular weight excluding hydrogens is 342 g/mol. The SMILES string of the molecule is COc1ccc(C(C)NC(=O)n2sc3ncccc3c2=O)cc1OC. The number of pyridine rings is 1. The molecule has 25 heavy (non-hydrogen) atoms. The molecule has 1 unspecified atom stereocenters. The van der Waals surface area contributed by atoms with Crippen molar-refractivity contribution >= 4 is 27.8 Å². The molecule has 7 nitrogen and oxygen atoms in total. The number of carbonyl (C=O) groups excluding carboxylic acids is 1. The Hall–Kier alpha value is -2.87. The predicted octanol–water partition coefficient (Wildman–Crippen LogP) is 2.79. The summed E-state index contributed by atoms with van der Waals surface area (Å²) in [5.41, 5.74) is 0.461. The lowest BCUT2D eigenvalue weighted by Crippen LogP contribution is -2.34. The van der Waals surface area contributed by atoms with Crippen molar-refractivity contribution in [1.82, 2.24) is 14.3 Å². The Morgan fingerprint density at radius 2 is 2.00 bits per heavy atom. The molecule has 0 spiro atoms. The van der Waals surface area contributed by atoms with Crippen molar-refractivity contribution in [3.05, 3.63) is 52.4 Å². The highest BCUT2D eigenvalue weighted by molar-refractivity contribution is 7.14. The molecular formula is C17H17N3O4S. The number of nitrogens with one attached hydrogen (secondary N) is 1. The van der Waals surface area contributed by atoms with Crippen molar-refractivity contribution in [2.75, 3.05) is 14.2 Å². The van der Waals surface area contributed by atoms with E-state index >= 15 is 0 Å². The van der Waals surface area contributed by atoms with Crippen molar-refractivity contribution in [3.8, 4) is 11.5 Å². The van der Waals surface area contributed by atoms with E-state index in [0.717, 1.165) is 21.1 Å². The first kappa shape index (κ1) is 17.0. The molecule has 0 saturated carbocycles. The molecule has 0 aliphatic carbocycles. The maximum atomic E-state index is 12.5. The van der Waals surface area contributed by atoms with Crippen LogP contribution in [0.2, 0.25) is 0 Å². The van der Waals surface area contributed by atoms with Crippen LogP contribution >= 0.6 is 11.5 Å². The van der Waals surface area contributed by atoms with Gasteiger partial charge in [0, 0.05) is 6.20 Å². The van der Waals surface area contributed by atoms with E-state index in [1.165, 1.54) is 0 Å². The van der Waals surface area contributed by atoms with Crippen LogP contribution in [-0.4, -0.2) is 29.2 Å². The molecule has 0 saturated heterocycles. The van der Waals surface area contributed by atoms with E-state index in [-0.39, 0.29) is 11.6 Å². The summed E-state index contributed by atoms with van der Waals surface area (Å²) in [4.78, 5) is 29.4. The second-order valence-corrected chi connectivity index (χ2v) is 6.27. The Labute approximate surface area is 148 Å². The third kappa shape index (κ3) is 3.20. The van der Waals surface area contributed by atoms with Gasteiger partial charge in [0.2, 0.25) is 0 Å². The van der Waals surface area contributed by atoms with Crippen molar-refractivity contribution in [2.45, 2.75) is 13.0 Å². The average Bonchev–Trinajstić information content (AvgIpc) is 2.98. The second-order valence-electron chi connectivity index (χ2n) is 5.33. The molecule has 3 rings (SSSR count). The number of ether oxygens (including phenoxy) is 2. The van der Waals surface area contributed by atoms with Crippen molar-refractivity contribution in [3.63, 3.8) is 0 Å². The van der Waals surface area contributed by atoms with E-state index in [1.807, 2.05) is 13.0 Å². The predicted molar refractivity (Wildman–Crippen MR) is 95.8 cm³/mol. The Bertz CT molecular complexity index is 979. The van der Waals surface area contributed by atoms with Gasteiger partial charge in [-0.25, -0.2) is 9.78 Å². The molecule has 2 aromatic heterocycles. The van der Waals surface area contributed by atoms with Crippen LogP contribution in [0.5, 0.6) is 11.5 Å². The number of hydrogen-bond acceptors (Lipinski definition) is 6. The van der Waals surface area contributed by atoms with Gasteiger partial charge in [0.25, 0.3) is 5.56 Å². The summed E-state index contributed by atoms with van der Waals surface area (Å²) in [6.07, 6.45) is 1.59. The molecule has 0 fully saturated rings. The first-order valence-electron chi connectivity index (χ1n) is 7.55. The van der Waals surface area contributed by atoms with Gasteiger partial charge < -0.3 is 14.8 Å². The molecule has 1 amide bonds. The smallest absolute Gasteiger partial charge is 0.338 e. The van der Waals surface area contributed by atoms with E-state index in [1.54, 1.807) is 44.7 Å². The van der Waals surface area contributed by atoms with Crippen molar-refractivity contribution < 1.29 is 14.3 Å². The van der Waals surface area contributed by atoms with Crippen LogP contribution in [0.25, 0.3) is 10.2 Å². The molecule has 0 aliphatic heterocycles. The fourth-order valence-electron chi connectivity index (χ4n) is 2.45. The largest absolute Gasteiger partial charge is 0.493 e. The normalized spacial score (nSPS) is 12.0. The lowest BCUT2D eigenvalue weighted by molar-refractivity contribution is 0.241. The van der Waals surface area contributed by atoms with Crippen LogP contribution in [-0.2, 0) is 0 Å². The number of amides is 1. The standard InChI is InChI=1S/C17H17N3O4S/c1-10(11-6-7-13(23-2)14(9-11)24-3)19-17(22)20-16(21)12-5-4-8-18-15(12)25-20/h4-10H,1-3H3,(H,19,22). The van der Waals surface area contributed by atoms with Crippen LogP contribution in [0.3, 0.4) is 0 Å². The summed E-state index contributed by atoms with van der Waals surface area (Å²) in [6, 6.07) is 7.91. The van der Waals surface area contributed by atoms with Gasteiger partial charge in [-0.15, -0.1) is 0 Å². The zero-order valence-corrected chi connectivity index (χ0v) is 14.8. The quantitative estimate of drug-likeness (QED) is 0.774. The second kappa shape index (κ2) is 6.94. The number of benzene rings is 1. The summed E-state index contributed by atoms with van der Waals surface area (Å²) >= 11 is 1.02. The van der Waals surface area contributed by atoms with Gasteiger partial charge in [0.1, 0.15) is 4.83 Å². The summed E-state index contributed by atoms with van der Waals surface area (Å²) in [5.74, 6) is 1.18. The number of aromatic nitrogens is 2. The number of hydrogen-bond donors (Lipinski definition) is 1. The molecule has 2 heterocycles. The molecule has 130 valence electrons. The van der Waals surface area contributed by atoms with Gasteiger partial charge in [-0.3, -0.25) is 4.79 Å². The van der Waals surface area contributed by atoms with E-state index in [2.05, 4.69) is 10.3 Å². The highest BCUT2D eigenvalue weighted by Crippen LogP contribution is 2.29. The zero-order chi connectivity index (χ0) is 18.0. The summed E-state index contributed by atoms with van der Waals surface area (Å²) in [6.45, 7) is 1.83. The molecule has 3 aromatic rings. The molecule has 1 atom stereocenters. The molecule has 0 bridgehead atoms. The minimum absolute atomic E-state index is 0.322. The third-order valence-electron chi connectivity index (χ3n) is 3.80. The first-order chi connectivity index (χ1) is 12.0. The van der Waals surface area contributed by atoms with E-state index in [9.17, 15) is 9.59 Å². The van der Waals surface area contributed by atoms with Gasteiger partial charge in [-0.1, -0.05) is 6.07 Å². The first-order valence-corrected chi connectivity index (χ1v) is 8.32. The Kier molecular flexibility index (Phi) is 4.71. The van der Waals surface area contributed by atoms with Gasteiger partial charge in [0.15, 0.2) is 11.5 Å². The molecule has 8 heteroatoms. The Morgan fingerprint density at radius 1 is 1.24 bits per heavy atom. The summed E-state index contributed by atoms with van der Waals surface area (Å²) in [5, 5.41) is 3.25. The number of rotatable bonds is 4. The minimum Gasteiger partial charge on any atom is -0.493 e. The van der Waals surface area contributed by atoms with Crippen LogP contribution in [0, 0.1) is 0 Å². The fraction of sp³-hybridized carbons (Fsp3) is 0.235. The fourth-order valence-corrected chi connectivity index (χ4v) is 3.30. The van der Waals surface area contributed by atoms with E-state index in [0.29, 0.717) is 21.7 Å². The average molecular weight is 359 g/mol. The van der Waals surface area contributed by atoms with Gasteiger partial charge in [-0.2, -0.15) is 3.96 Å². The van der Waals surface area contributed by atoms with E-state index < -0.39 is 6.03 Å². The van der Waals surface area contributed by atoms with Crippen LogP contribution in [0.4, 0.5) is 4.79 Å². The Balaban J connectivity index is 1.84. The van der Waals surface area contributed by atoms with Crippen molar-refractivity contribution in [1.29, 1.82) is 0 Å². The third-order valence-corrected chi connectivity index (χ3v) is 4.81. The van der Waals surface area contributed by atoms with E-state index in [4.69, 9.17) is 9.47 Å². The van der Waals surface area contributed by atoms with Gasteiger partial charge >= 0.3 is 6.03 Å². The highest BCUT2D eigenvalue weighted by Gasteiger charge is 2.18. The van der Waals surface area contributed by atoms with Crippen LogP contribution < -0.4 is 20.3 Å². The highest BCUT2D eigenvalue weighted by atomic mass is 32.1. The molecule has 0 aliphatic rings. The number of fused-ring (bicyclic) bond motifs is 1. The monoisotopic (exact) mass is 359 g/mol. The topological polar surface area (TPSA) is 82.5 Å². The number of carbonyl (C=O) groups is 1. The lowest BCUT2D eigenvalue weighted by Gasteiger charge is -2.16. The zero-order valence-electron chi connectivity index (χ0n) is 14.0. The lowest BCUT2D eigenvalue weighted by atomic mass is 10.1. The number of methoxy groups -OCH3 is 2. The maximum absolute atomic E-state index is 12.5. The van der Waals surface area contributed by atoms with Gasteiger partial charge in [-0.05, 0) is 48.3 Å². The maximum Gasteiger partial charge on any atom is 0.338 e.